The van der Waals surface area contributed by atoms with Crippen LogP contribution in [-0.4, -0.2) is 51.4 Å². The molecule has 4 N–H and O–H groups in total. The maximum atomic E-state index is 14.3. The largest absolute Gasteiger partial charge is 0.392 e. The van der Waals surface area contributed by atoms with Crippen molar-refractivity contribution in [2.24, 2.45) is 39.9 Å². The van der Waals surface area contributed by atoms with Gasteiger partial charge in [0.25, 0.3) is 0 Å². The number of amides is 1. The van der Waals surface area contributed by atoms with Gasteiger partial charge in [-0.15, -0.1) is 0 Å². The first-order chi connectivity index (χ1) is 15.2. The number of fused-ring (bicyclic) bond motifs is 3. The number of nitrogens with one attached hydrogen (secondary N) is 1. The number of carbonyl (C=O) groups excluding carboxylic acids is 2. The number of aliphatic hydroxyl groups is 3. The van der Waals surface area contributed by atoms with Crippen molar-refractivity contribution in [3.63, 3.8) is 0 Å². The molecule has 6 nitrogen and oxygen atoms in total. The highest BCUT2D eigenvalue weighted by atomic mass is 16.3. The minimum Gasteiger partial charge on any atom is -0.392 e. The first-order valence-electron chi connectivity index (χ1n) is 12.5. The lowest BCUT2D eigenvalue weighted by Crippen LogP contribution is -2.69. The topological polar surface area (TPSA) is 107 Å². The lowest BCUT2D eigenvalue weighted by Gasteiger charge is -2.49. The molecule has 0 aromatic rings. The number of rotatable bonds is 5. The number of hydrogen-bond acceptors (Lipinski definition) is 5. The second-order valence-corrected chi connectivity index (χ2v) is 12.4. The predicted molar refractivity (Wildman–Crippen MR) is 126 cm³/mol. The molecule has 1 amide bonds. The van der Waals surface area contributed by atoms with E-state index in [9.17, 15) is 24.9 Å². The minimum absolute atomic E-state index is 0.00414. The summed E-state index contributed by atoms with van der Waals surface area (Å²) >= 11 is 0. The second kappa shape index (κ2) is 7.50. The first-order valence-corrected chi connectivity index (χ1v) is 12.5. The van der Waals surface area contributed by atoms with Crippen LogP contribution in [0.4, 0.5) is 0 Å². The Morgan fingerprint density at radius 2 is 1.94 bits per heavy atom. The van der Waals surface area contributed by atoms with Gasteiger partial charge in [-0.25, -0.2) is 0 Å². The Morgan fingerprint density at radius 3 is 2.52 bits per heavy atom. The van der Waals surface area contributed by atoms with Crippen LogP contribution in [0.5, 0.6) is 0 Å². The summed E-state index contributed by atoms with van der Waals surface area (Å²) in [6.45, 7) is 13.5. The monoisotopic (exact) mass is 459 g/mol. The van der Waals surface area contributed by atoms with Gasteiger partial charge in [-0.05, 0) is 48.5 Å². The zero-order valence-corrected chi connectivity index (χ0v) is 21.1. The smallest absolute Gasteiger partial charge is 0.226 e. The van der Waals surface area contributed by atoms with Crippen LogP contribution >= 0.6 is 0 Å². The van der Waals surface area contributed by atoms with Crippen molar-refractivity contribution in [1.29, 1.82) is 0 Å². The van der Waals surface area contributed by atoms with E-state index in [1.165, 1.54) is 0 Å². The number of ketones is 1. The average Bonchev–Trinajstić information content (AvgIpc) is 3.22. The summed E-state index contributed by atoms with van der Waals surface area (Å²) in [5.41, 5.74) is -3.00. The van der Waals surface area contributed by atoms with Gasteiger partial charge in [-0.2, -0.15) is 0 Å². The van der Waals surface area contributed by atoms with Gasteiger partial charge in [-0.1, -0.05) is 65.7 Å². The number of hydrogen-bond donors (Lipinski definition) is 4. The Morgan fingerprint density at radius 1 is 1.30 bits per heavy atom. The molecule has 8 atom stereocenters. The van der Waals surface area contributed by atoms with E-state index >= 15 is 0 Å². The third-order valence-corrected chi connectivity index (χ3v) is 9.74. The van der Waals surface area contributed by atoms with Crippen LogP contribution in [0, 0.1) is 39.9 Å². The van der Waals surface area contributed by atoms with Gasteiger partial charge in [0.1, 0.15) is 11.7 Å². The predicted octanol–water partition coefficient (Wildman–Crippen LogP) is 2.77. The van der Waals surface area contributed by atoms with Crippen LogP contribution in [0.15, 0.2) is 23.3 Å². The first kappa shape index (κ1) is 24.6. The fraction of sp³-hybridized carbons (Fsp3) is 0.778. The zero-order chi connectivity index (χ0) is 24.7. The van der Waals surface area contributed by atoms with E-state index in [4.69, 9.17) is 0 Å². The highest BCUT2D eigenvalue weighted by Crippen LogP contribution is 2.71. The molecule has 0 aromatic heterocycles. The fourth-order valence-corrected chi connectivity index (χ4v) is 7.74. The number of carbonyl (C=O) groups is 2. The lowest BCUT2D eigenvalue weighted by molar-refractivity contribution is -0.173. The molecule has 1 spiro atoms. The molecule has 33 heavy (non-hydrogen) atoms. The molecular formula is C27H41NO5. The van der Waals surface area contributed by atoms with E-state index in [0.717, 1.165) is 12.8 Å². The number of Topliss-reactive ketones (excluding diaryl/α,β-unsaturated/α-hetero) is 1. The maximum Gasteiger partial charge on any atom is 0.226 e. The van der Waals surface area contributed by atoms with Crippen molar-refractivity contribution in [2.75, 3.05) is 6.61 Å². The quantitative estimate of drug-likeness (QED) is 0.473. The minimum atomic E-state index is -1.96. The van der Waals surface area contributed by atoms with E-state index < -0.39 is 41.1 Å². The molecule has 2 fully saturated rings. The van der Waals surface area contributed by atoms with Gasteiger partial charge in [-0.3, -0.25) is 9.59 Å². The van der Waals surface area contributed by atoms with Crippen molar-refractivity contribution in [2.45, 2.75) is 85.5 Å². The Kier molecular flexibility index (Phi) is 5.59. The second-order valence-electron chi connectivity index (χ2n) is 12.4. The van der Waals surface area contributed by atoms with E-state index in [-0.39, 0.29) is 34.5 Å². The van der Waals surface area contributed by atoms with Crippen molar-refractivity contribution >= 4 is 11.7 Å². The van der Waals surface area contributed by atoms with E-state index in [2.05, 4.69) is 19.2 Å². The molecule has 0 heterocycles. The molecule has 0 radical (unpaired) electrons. The van der Waals surface area contributed by atoms with Crippen LogP contribution in [0.1, 0.15) is 67.7 Å². The molecule has 0 aromatic carbocycles. The third-order valence-electron chi connectivity index (χ3n) is 9.74. The van der Waals surface area contributed by atoms with Crippen molar-refractivity contribution in [3.8, 4) is 0 Å². The zero-order valence-electron chi connectivity index (χ0n) is 21.1. The normalized spacial score (nSPS) is 43.5. The van der Waals surface area contributed by atoms with E-state index in [1.54, 1.807) is 6.08 Å². The van der Waals surface area contributed by atoms with Crippen LogP contribution in [0.2, 0.25) is 0 Å². The fourth-order valence-electron chi connectivity index (χ4n) is 7.74. The lowest BCUT2D eigenvalue weighted by atomic mass is 9.58. The van der Waals surface area contributed by atoms with Crippen LogP contribution < -0.4 is 5.32 Å². The average molecular weight is 460 g/mol. The SMILES string of the molecule is CCCC(C)(C)C(=O)N[C@H]1C(C)=C[C@]23C(=O)[C@@H](C=C(CO)[C@@H](O)[C@]12O)[C@H]1[C@@H](C[C@H]3C)C1(C)C. The Labute approximate surface area is 197 Å². The van der Waals surface area contributed by atoms with Crippen LogP contribution in [-0.2, 0) is 9.59 Å². The molecule has 0 aliphatic heterocycles. The summed E-state index contributed by atoms with van der Waals surface area (Å²) in [5, 5.41) is 37.2. The number of allylic oxidation sites excluding steroid dienone is 1. The molecule has 6 heteroatoms. The molecule has 184 valence electrons. The molecule has 2 saturated carbocycles. The molecule has 2 bridgehead atoms. The summed E-state index contributed by atoms with van der Waals surface area (Å²) in [4.78, 5) is 27.6. The van der Waals surface area contributed by atoms with Gasteiger partial charge >= 0.3 is 0 Å². The standard InChI is InChI=1S/C27H41NO5/c1-8-9-24(4,5)23(32)28-20-14(2)12-26-15(3)10-18-19(25(18,6)7)17(22(26)31)11-16(13-29)21(30)27(20,26)33/h11-12,15,17-21,29-30,33H,8-10,13H2,1-7H3,(H,28,32)/t15-,17+,18-,19+,20+,21-,26+,27-/m1/s1. The van der Waals surface area contributed by atoms with Gasteiger partial charge in [0.2, 0.25) is 5.91 Å². The molecule has 0 unspecified atom stereocenters. The van der Waals surface area contributed by atoms with E-state index in [0.29, 0.717) is 17.9 Å². The third kappa shape index (κ3) is 3.02. The van der Waals surface area contributed by atoms with Gasteiger partial charge in [0.15, 0.2) is 5.78 Å². The summed E-state index contributed by atoms with van der Waals surface area (Å²) in [6.07, 6.45) is 4.37. The van der Waals surface area contributed by atoms with Crippen molar-refractivity contribution in [3.05, 3.63) is 23.3 Å². The van der Waals surface area contributed by atoms with Gasteiger partial charge in [0.05, 0.1) is 18.1 Å². The molecule has 4 aliphatic rings. The van der Waals surface area contributed by atoms with Crippen LogP contribution in [0.25, 0.3) is 0 Å². The number of aliphatic hydroxyl groups excluding tert-OH is 2. The molecule has 4 rings (SSSR count). The van der Waals surface area contributed by atoms with Gasteiger partial charge in [0, 0.05) is 11.3 Å². The highest BCUT2D eigenvalue weighted by molar-refractivity contribution is 5.96. The van der Waals surface area contributed by atoms with Crippen molar-refractivity contribution in [1.82, 2.24) is 5.32 Å². The molecular weight excluding hydrogens is 418 g/mol. The highest BCUT2D eigenvalue weighted by Gasteiger charge is 2.75. The Balaban J connectivity index is 1.86. The molecule has 0 saturated heterocycles. The Bertz CT molecular complexity index is 933. The maximum absolute atomic E-state index is 14.3. The molecule has 4 aliphatic carbocycles. The van der Waals surface area contributed by atoms with Crippen molar-refractivity contribution < 1.29 is 24.9 Å². The van der Waals surface area contributed by atoms with E-state index in [1.807, 2.05) is 40.7 Å². The summed E-state index contributed by atoms with van der Waals surface area (Å²) in [5.74, 6) is -0.558. The summed E-state index contributed by atoms with van der Waals surface area (Å²) in [6, 6.07) is -0.918. The van der Waals surface area contributed by atoms with Crippen LogP contribution in [0.3, 0.4) is 0 Å². The summed E-state index contributed by atoms with van der Waals surface area (Å²) < 4.78 is 0. The van der Waals surface area contributed by atoms with Gasteiger partial charge < -0.3 is 20.6 Å². The summed E-state index contributed by atoms with van der Waals surface area (Å²) in [7, 11) is 0. The Hall–Kier alpha value is -1.50.